The molecule has 1 aromatic carbocycles. The number of benzene rings is 1. The molecular weight excluding hydrogens is 290 g/mol. The van der Waals surface area contributed by atoms with Crippen LogP contribution in [0.4, 0.5) is 0 Å². The van der Waals surface area contributed by atoms with E-state index in [1.807, 2.05) is 36.5 Å². The summed E-state index contributed by atoms with van der Waals surface area (Å²) >= 11 is 0. The zero-order chi connectivity index (χ0) is 15.8. The van der Waals surface area contributed by atoms with Gasteiger partial charge >= 0.3 is 0 Å². The van der Waals surface area contributed by atoms with Gasteiger partial charge in [-0.1, -0.05) is 6.07 Å². The van der Waals surface area contributed by atoms with Gasteiger partial charge in [-0.25, -0.2) is 4.68 Å². The van der Waals surface area contributed by atoms with Gasteiger partial charge in [0, 0.05) is 36.5 Å². The lowest BCUT2D eigenvalue weighted by Gasteiger charge is -2.30. The third kappa shape index (κ3) is 2.55. The molecule has 0 spiro atoms. The summed E-state index contributed by atoms with van der Waals surface area (Å²) in [6.45, 7) is 0.166. The standard InChI is InChI=1S/C18H21N3O2/c22-11-16-12-5-6-13(9-12)17(16)20-18(23)14-3-1-4-15(10-14)21-8-2-7-19-21/h1-4,7-8,10,12-13,16-17,22H,5-6,9,11H2,(H,20,23). The van der Waals surface area contributed by atoms with E-state index in [4.69, 9.17) is 0 Å². The quantitative estimate of drug-likeness (QED) is 0.907. The van der Waals surface area contributed by atoms with Crippen LogP contribution < -0.4 is 5.32 Å². The summed E-state index contributed by atoms with van der Waals surface area (Å²) in [5.74, 6) is 1.25. The summed E-state index contributed by atoms with van der Waals surface area (Å²) in [6, 6.07) is 9.44. The number of aromatic nitrogens is 2. The van der Waals surface area contributed by atoms with Gasteiger partial charge < -0.3 is 10.4 Å². The highest BCUT2D eigenvalue weighted by molar-refractivity contribution is 5.95. The summed E-state index contributed by atoms with van der Waals surface area (Å²) in [7, 11) is 0. The molecule has 4 unspecified atom stereocenters. The van der Waals surface area contributed by atoms with Gasteiger partial charge in [0.25, 0.3) is 5.91 Å². The van der Waals surface area contributed by atoms with Crippen LogP contribution in [0.25, 0.3) is 5.69 Å². The number of amides is 1. The number of rotatable bonds is 4. The SMILES string of the molecule is O=C(NC1C2CCC(C2)C1CO)c1cccc(-n2cccn2)c1. The van der Waals surface area contributed by atoms with Crippen molar-refractivity contribution in [2.75, 3.05) is 6.61 Å². The zero-order valence-electron chi connectivity index (χ0n) is 12.9. The predicted octanol–water partition coefficient (Wildman–Crippen LogP) is 2.01. The van der Waals surface area contributed by atoms with Gasteiger partial charge in [-0.15, -0.1) is 0 Å². The molecule has 5 nitrogen and oxygen atoms in total. The van der Waals surface area contributed by atoms with Crippen molar-refractivity contribution < 1.29 is 9.90 Å². The average molecular weight is 311 g/mol. The summed E-state index contributed by atoms with van der Waals surface area (Å²) in [4.78, 5) is 12.6. The maximum atomic E-state index is 12.6. The molecule has 2 aromatic rings. The number of nitrogens with one attached hydrogen (secondary N) is 1. The molecule has 1 amide bonds. The molecule has 2 bridgehead atoms. The molecule has 0 saturated heterocycles. The second-order valence-corrected chi connectivity index (χ2v) is 6.68. The molecule has 4 atom stereocenters. The first-order valence-corrected chi connectivity index (χ1v) is 8.28. The number of fused-ring (bicyclic) bond motifs is 2. The summed E-state index contributed by atoms with van der Waals surface area (Å²) in [5.41, 5.74) is 1.51. The van der Waals surface area contributed by atoms with Crippen LogP contribution in [-0.4, -0.2) is 33.4 Å². The van der Waals surface area contributed by atoms with E-state index in [9.17, 15) is 9.90 Å². The van der Waals surface area contributed by atoms with Crippen molar-refractivity contribution in [2.45, 2.75) is 25.3 Å². The van der Waals surface area contributed by atoms with Crippen LogP contribution in [0, 0.1) is 17.8 Å². The van der Waals surface area contributed by atoms with Crippen molar-refractivity contribution in [3.05, 3.63) is 48.3 Å². The Morgan fingerprint density at radius 3 is 2.96 bits per heavy atom. The minimum Gasteiger partial charge on any atom is -0.396 e. The number of hydrogen-bond acceptors (Lipinski definition) is 3. The van der Waals surface area contributed by atoms with E-state index in [1.54, 1.807) is 10.9 Å². The maximum absolute atomic E-state index is 12.6. The van der Waals surface area contributed by atoms with Crippen LogP contribution in [0.3, 0.4) is 0 Å². The Morgan fingerprint density at radius 1 is 1.30 bits per heavy atom. The third-order valence-electron chi connectivity index (χ3n) is 5.47. The van der Waals surface area contributed by atoms with Crippen LogP contribution in [0.2, 0.25) is 0 Å². The fraction of sp³-hybridized carbons (Fsp3) is 0.444. The van der Waals surface area contributed by atoms with Crippen molar-refractivity contribution in [2.24, 2.45) is 17.8 Å². The Labute approximate surface area is 135 Å². The van der Waals surface area contributed by atoms with Gasteiger partial charge in [-0.3, -0.25) is 4.79 Å². The molecule has 2 saturated carbocycles. The minimum atomic E-state index is -0.0602. The molecule has 4 rings (SSSR count). The lowest BCUT2D eigenvalue weighted by Crippen LogP contribution is -2.45. The molecule has 2 aliphatic rings. The first kappa shape index (κ1) is 14.5. The van der Waals surface area contributed by atoms with Crippen LogP contribution in [0.5, 0.6) is 0 Å². The summed E-state index contributed by atoms with van der Waals surface area (Å²) < 4.78 is 1.74. The lowest BCUT2D eigenvalue weighted by atomic mass is 9.85. The topological polar surface area (TPSA) is 67.2 Å². The van der Waals surface area contributed by atoms with Gasteiger partial charge in [-0.05, 0) is 55.4 Å². The van der Waals surface area contributed by atoms with E-state index in [0.29, 0.717) is 17.4 Å². The van der Waals surface area contributed by atoms with Gasteiger partial charge in [-0.2, -0.15) is 5.10 Å². The van der Waals surface area contributed by atoms with Crippen LogP contribution in [0.15, 0.2) is 42.7 Å². The largest absolute Gasteiger partial charge is 0.396 e. The Hall–Kier alpha value is -2.14. The zero-order valence-corrected chi connectivity index (χ0v) is 12.9. The molecule has 2 aliphatic carbocycles. The van der Waals surface area contributed by atoms with E-state index in [1.165, 1.54) is 12.8 Å². The molecule has 23 heavy (non-hydrogen) atoms. The van der Waals surface area contributed by atoms with Gasteiger partial charge in [0.15, 0.2) is 0 Å². The van der Waals surface area contributed by atoms with E-state index in [2.05, 4.69) is 10.4 Å². The van der Waals surface area contributed by atoms with E-state index >= 15 is 0 Å². The van der Waals surface area contributed by atoms with Crippen molar-refractivity contribution in [3.63, 3.8) is 0 Å². The summed E-state index contributed by atoms with van der Waals surface area (Å²) in [5, 5.41) is 17.0. The van der Waals surface area contributed by atoms with Crippen molar-refractivity contribution in [1.29, 1.82) is 0 Å². The fourth-order valence-electron chi connectivity index (χ4n) is 4.34. The van der Waals surface area contributed by atoms with E-state index in [0.717, 1.165) is 12.1 Å². The number of carbonyl (C=O) groups is 1. The highest BCUT2D eigenvalue weighted by Crippen LogP contribution is 2.48. The molecule has 120 valence electrons. The highest BCUT2D eigenvalue weighted by atomic mass is 16.3. The van der Waals surface area contributed by atoms with E-state index in [-0.39, 0.29) is 24.5 Å². The Balaban J connectivity index is 1.52. The molecule has 2 N–H and O–H groups in total. The number of nitrogens with zero attached hydrogens (tertiary/aromatic N) is 2. The monoisotopic (exact) mass is 311 g/mol. The second kappa shape index (κ2) is 5.81. The Bertz CT molecular complexity index is 698. The summed E-state index contributed by atoms with van der Waals surface area (Å²) in [6.07, 6.45) is 7.07. The van der Waals surface area contributed by atoms with Gasteiger partial charge in [0.2, 0.25) is 0 Å². The highest BCUT2D eigenvalue weighted by Gasteiger charge is 2.47. The van der Waals surface area contributed by atoms with Gasteiger partial charge in [0.05, 0.1) is 5.69 Å². The van der Waals surface area contributed by atoms with Crippen LogP contribution in [-0.2, 0) is 0 Å². The van der Waals surface area contributed by atoms with Crippen LogP contribution in [0.1, 0.15) is 29.6 Å². The molecule has 1 aromatic heterocycles. The minimum absolute atomic E-state index is 0.0602. The molecule has 0 aliphatic heterocycles. The van der Waals surface area contributed by atoms with Crippen molar-refractivity contribution in [3.8, 4) is 5.69 Å². The predicted molar refractivity (Wildman–Crippen MR) is 86.2 cm³/mol. The third-order valence-corrected chi connectivity index (χ3v) is 5.47. The molecule has 5 heteroatoms. The first-order chi connectivity index (χ1) is 11.3. The smallest absolute Gasteiger partial charge is 0.251 e. The maximum Gasteiger partial charge on any atom is 0.251 e. The van der Waals surface area contributed by atoms with Crippen LogP contribution >= 0.6 is 0 Å². The second-order valence-electron chi connectivity index (χ2n) is 6.68. The number of aliphatic hydroxyl groups excluding tert-OH is 1. The normalized spacial score (nSPS) is 28.9. The van der Waals surface area contributed by atoms with Gasteiger partial charge in [0.1, 0.15) is 0 Å². The average Bonchev–Trinajstić information content (AvgIpc) is 3.32. The number of carbonyl (C=O) groups excluding carboxylic acids is 1. The molecule has 0 radical (unpaired) electrons. The van der Waals surface area contributed by atoms with Crippen molar-refractivity contribution in [1.82, 2.24) is 15.1 Å². The molecule has 1 heterocycles. The first-order valence-electron chi connectivity index (χ1n) is 8.28. The Morgan fingerprint density at radius 2 is 2.17 bits per heavy atom. The lowest BCUT2D eigenvalue weighted by molar-refractivity contribution is 0.0861. The molecule has 2 fully saturated rings. The Kier molecular flexibility index (Phi) is 3.65. The van der Waals surface area contributed by atoms with Crippen molar-refractivity contribution >= 4 is 5.91 Å². The fourth-order valence-corrected chi connectivity index (χ4v) is 4.34. The van der Waals surface area contributed by atoms with E-state index < -0.39 is 0 Å². The molecular formula is C18H21N3O2. The number of aliphatic hydroxyl groups is 1. The number of hydrogen-bond donors (Lipinski definition) is 2.